The zero-order chi connectivity index (χ0) is 16.0. The molecule has 0 aliphatic heterocycles. The first-order chi connectivity index (χ1) is 11.1. The first-order valence-corrected chi connectivity index (χ1v) is 7.52. The number of benzene rings is 1. The Morgan fingerprint density at radius 1 is 1.17 bits per heavy atom. The number of anilines is 1. The van der Waals surface area contributed by atoms with Gasteiger partial charge < -0.3 is 14.8 Å². The molecule has 0 atom stereocenters. The predicted molar refractivity (Wildman–Crippen MR) is 89.4 cm³/mol. The zero-order valence-electron chi connectivity index (χ0n) is 13.3. The molecule has 23 heavy (non-hydrogen) atoms. The molecule has 4 aromatic rings. The summed E-state index contributed by atoms with van der Waals surface area (Å²) in [7, 11) is 0. The first kappa shape index (κ1) is 13.8. The maximum atomic E-state index is 5.17. The molecule has 6 nitrogen and oxygen atoms in total. The van der Waals surface area contributed by atoms with Gasteiger partial charge in [-0.25, -0.2) is 4.98 Å². The highest BCUT2D eigenvalue weighted by Crippen LogP contribution is 2.25. The lowest BCUT2D eigenvalue weighted by atomic mass is 10.1. The quantitative estimate of drug-likeness (QED) is 0.604. The number of H-pyrrole nitrogens is 1. The SMILES string of the molecule is Cc1[nH]c2ccc(CNc3ncnc4onc(C)c34)cc2c1C. The third-order valence-corrected chi connectivity index (χ3v) is 4.28. The van der Waals surface area contributed by atoms with Crippen molar-refractivity contribution >= 4 is 27.8 Å². The van der Waals surface area contributed by atoms with Crippen LogP contribution in [0.4, 0.5) is 5.82 Å². The minimum Gasteiger partial charge on any atom is -0.365 e. The Bertz CT molecular complexity index is 1010. The Morgan fingerprint density at radius 3 is 2.91 bits per heavy atom. The molecule has 0 fully saturated rings. The van der Waals surface area contributed by atoms with Crippen molar-refractivity contribution in [2.45, 2.75) is 27.3 Å². The number of nitrogens with zero attached hydrogens (tertiary/aromatic N) is 3. The van der Waals surface area contributed by atoms with Crippen molar-refractivity contribution in [1.29, 1.82) is 0 Å². The van der Waals surface area contributed by atoms with E-state index in [9.17, 15) is 0 Å². The Balaban J connectivity index is 1.65. The Morgan fingerprint density at radius 2 is 2.04 bits per heavy atom. The van der Waals surface area contributed by atoms with Crippen LogP contribution in [0.25, 0.3) is 22.0 Å². The zero-order valence-corrected chi connectivity index (χ0v) is 13.3. The van der Waals surface area contributed by atoms with Gasteiger partial charge in [-0.1, -0.05) is 11.2 Å². The third-order valence-electron chi connectivity index (χ3n) is 4.28. The highest BCUT2D eigenvalue weighted by Gasteiger charge is 2.12. The normalized spacial score (nSPS) is 11.4. The van der Waals surface area contributed by atoms with E-state index in [-0.39, 0.29) is 0 Å². The summed E-state index contributed by atoms with van der Waals surface area (Å²) in [5.41, 5.74) is 6.16. The lowest BCUT2D eigenvalue weighted by Gasteiger charge is -2.07. The summed E-state index contributed by atoms with van der Waals surface area (Å²) in [4.78, 5) is 11.8. The molecular weight excluding hydrogens is 290 g/mol. The molecule has 0 aliphatic rings. The van der Waals surface area contributed by atoms with Crippen molar-refractivity contribution in [1.82, 2.24) is 20.1 Å². The molecule has 1 aromatic carbocycles. The standard InChI is InChI=1S/C17H17N5O/c1-9-10(2)21-14-5-4-12(6-13(9)14)7-18-16-15-11(3)22-23-17(15)20-8-19-16/h4-6,8,21H,7H2,1-3H3,(H,18,19,20). The summed E-state index contributed by atoms with van der Waals surface area (Å²) in [6.07, 6.45) is 1.48. The van der Waals surface area contributed by atoms with Crippen LogP contribution in [0, 0.1) is 20.8 Å². The molecule has 6 heteroatoms. The van der Waals surface area contributed by atoms with Crippen molar-refractivity contribution in [2.75, 3.05) is 5.32 Å². The third kappa shape index (κ3) is 2.23. The maximum absolute atomic E-state index is 5.17. The van der Waals surface area contributed by atoms with Crippen LogP contribution < -0.4 is 5.32 Å². The van der Waals surface area contributed by atoms with Crippen LogP contribution in [0.2, 0.25) is 0 Å². The number of rotatable bonds is 3. The summed E-state index contributed by atoms with van der Waals surface area (Å²) >= 11 is 0. The average Bonchev–Trinajstić information content (AvgIpc) is 3.07. The Kier molecular flexibility index (Phi) is 3.04. The maximum Gasteiger partial charge on any atom is 0.263 e. The number of hydrogen-bond acceptors (Lipinski definition) is 5. The van der Waals surface area contributed by atoms with Crippen molar-refractivity contribution in [3.05, 3.63) is 47.0 Å². The fraction of sp³-hybridized carbons (Fsp3) is 0.235. The molecule has 116 valence electrons. The van der Waals surface area contributed by atoms with Crippen LogP contribution in [0.3, 0.4) is 0 Å². The smallest absolute Gasteiger partial charge is 0.263 e. The van der Waals surface area contributed by atoms with Crippen molar-refractivity contribution in [3.8, 4) is 0 Å². The fourth-order valence-corrected chi connectivity index (χ4v) is 2.86. The molecule has 0 unspecified atom stereocenters. The number of aryl methyl sites for hydroxylation is 3. The number of aromatic amines is 1. The number of aromatic nitrogens is 4. The second kappa shape index (κ2) is 5.08. The second-order valence-corrected chi connectivity index (χ2v) is 5.78. The largest absolute Gasteiger partial charge is 0.365 e. The van der Waals surface area contributed by atoms with Crippen molar-refractivity contribution < 1.29 is 4.52 Å². The fourth-order valence-electron chi connectivity index (χ4n) is 2.86. The van der Waals surface area contributed by atoms with Gasteiger partial charge in [0.25, 0.3) is 5.71 Å². The van der Waals surface area contributed by atoms with Crippen LogP contribution in [-0.4, -0.2) is 20.1 Å². The van der Waals surface area contributed by atoms with Crippen LogP contribution in [0.5, 0.6) is 0 Å². The number of fused-ring (bicyclic) bond motifs is 2. The van der Waals surface area contributed by atoms with E-state index < -0.39 is 0 Å². The van der Waals surface area contributed by atoms with Crippen molar-refractivity contribution in [2.24, 2.45) is 0 Å². The van der Waals surface area contributed by atoms with Gasteiger partial charge in [0.2, 0.25) is 0 Å². The molecule has 0 spiro atoms. The Labute approximate surface area is 132 Å². The highest BCUT2D eigenvalue weighted by molar-refractivity contribution is 5.87. The predicted octanol–water partition coefficient (Wildman–Crippen LogP) is 3.64. The van der Waals surface area contributed by atoms with Crippen LogP contribution in [0.1, 0.15) is 22.5 Å². The summed E-state index contributed by atoms with van der Waals surface area (Å²) in [5, 5.41) is 9.40. The van der Waals surface area contributed by atoms with E-state index in [1.165, 1.54) is 34.1 Å². The van der Waals surface area contributed by atoms with Gasteiger partial charge in [0.1, 0.15) is 17.5 Å². The number of hydrogen-bond donors (Lipinski definition) is 2. The molecule has 2 N–H and O–H groups in total. The minimum absolute atomic E-state index is 0.507. The topological polar surface area (TPSA) is 79.6 Å². The molecular formula is C17H17N5O. The van der Waals surface area contributed by atoms with E-state index in [1.54, 1.807) is 0 Å². The summed E-state index contributed by atoms with van der Waals surface area (Å²) in [6.45, 7) is 6.80. The van der Waals surface area contributed by atoms with E-state index in [1.807, 2.05) is 6.92 Å². The van der Waals surface area contributed by atoms with Crippen LogP contribution >= 0.6 is 0 Å². The molecule has 0 bridgehead atoms. The van der Waals surface area contributed by atoms with E-state index in [0.29, 0.717) is 12.3 Å². The molecule has 0 radical (unpaired) electrons. The van der Waals surface area contributed by atoms with Gasteiger partial charge in [-0.05, 0) is 44.0 Å². The number of nitrogens with one attached hydrogen (secondary N) is 2. The van der Waals surface area contributed by atoms with Crippen molar-refractivity contribution in [3.63, 3.8) is 0 Å². The van der Waals surface area contributed by atoms with Gasteiger partial charge in [-0.15, -0.1) is 0 Å². The summed E-state index contributed by atoms with van der Waals surface area (Å²) in [5.74, 6) is 0.746. The summed E-state index contributed by atoms with van der Waals surface area (Å²) in [6, 6.07) is 6.44. The van der Waals surface area contributed by atoms with E-state index in [4.69, 9.17) is 4.52 Å². The van der Waals surface area contributed by atoms with E-state index in [2.05, 4.69) is 57.5 Å². The molecule has 0 amide bonds. The lowest BCUT2D eigenvalue weighted by molar-refractivity contribution is 0.442. The van der Waals surface area contributed by atoms with Gasteiger partial charge in [0, 0.05) is 23.1 Å². The first-order valence-electron chi connectivity index (χ1n) is 7.52. The second-order valence-electron chi connectivity index (χ2n) is 5.78. The van der Waals surface area contributed by atoms with Gasteiger partial charge in [0.15, 0.2) is 0 Å². The average molecular weight is 307 g/mol. The summed E-state index contributed by atoms with van der Waals surface area (Å²) < 4.78 is 5.17. The Hall–Kier alpha value is -2.89. The molecule has 3 aromatic heterocycles. The van der Waals surface area contributed by atoms with Gasteiger partial charge >= 0.3 is 0 Å². The van der Waals surface area contributed by atoms with E-state index >= 15 is 0 Å². The highest BCUT2D eigenvalue weighted by atomic mass is 16.5. The molecule has 0 aliphatic carbocycles. The minimum atomic E-state index is 0.507. The monoisotopic (exact) mass is 307 g/mol. The van der Waals surface area contributed by atoms with Crippen LogP contribution in [-0.2, 0) is 6.54 Å². The van der Waals surface area contributed by atoms with Crippen LogP contribution in [0.15, 0.2) is 29.0 Å². The molecule has 0 saturated carbocycles. The molecule has 4 rings (SSSR count). The van der Waals surface area contributed by atoms with E-state index in [0.717, 1.165) is 16.9 Å². The molecule has 0 saturated heterocycles. The lowest BCUT2D eigenvalue weighted by Crippen LogP contribution is -2.02. The van der Waals surface area contributed by atoms with Gasteiger partial charge in [0.05, 0.1) is 5.69 Å². The molecule has 3 heterocycles. The van der Waals surface area contributed by atoms with Gasteiger partial charge in [-0.3, -0.25) is 0 Å². The van der Waals surface area contributed by atoms with Gasteiger partial charge in [-0.2, -0.15) is 4.98 Å².